The van der Waals surface area contributed by atoms with Crippen molar-refractivity contribution in [2.24, 2.45) is 0 Å². The summed E-state index contributed by atoms with van der Waals surface area (Å²) in [6, 6.07) is 14.5. The van der Waals surface area contributed by atoms with E-state index in [2.05, 4.69) is 0 Å². The third kappa shape index (κ3) is 5.87. The predicted molar refractivity (Wildman–Crippen MR) is 116 cm³/mol. The van der Waals surface area contributed by atoms with Crippen LogP contribution in [0.5, 0.6) is 5.75 Å². The van der Waals surface area contributed by atoms with Crippen molar-refractivity contribution in [3.8, 4) is 5.75 Å². The van der Waals surface area contributed by atoms with E-state index in [-0.39, 0.29) is 11.0 Å². The molecule has 1 saturated heterocycles. The molecule has 0 atom stereocenters. The summed E-state index contributed by atoms with van der Waals surface area (Å²) in [6.45, 7) is 3.42. The van der Waals surface area contributed by atoms with Gasteiger partial charge in [0.15, 0.2) is 0 Å². The summed E-state index contributed by atoms with van der Waals surface area (Å²) in [4.78, 5) is 37.5. The SMILES string of the molecule is CC(C)OC(=O)CN1C(=O)S/C(=C\c2ccc(OCc3ccc(Cl)cc3)cc2)C1=O. The summed E-state index contributed by atoms with van der Waals surface area (Å²) in [6.07, 6.45) is 1.30. The monoisotopic (exact) mass is 445 g/mol. The molecular weight excluding hydrogens is 426 g/mol. The fourth-order valence-electron chi connectivity index (χ4n) is 2.62. The minimum atomic E-state index is -0.615. The summed E-state index contributed by atoms with van der Waals surface area (Å²) >= 11 is 6.67. The number of benzene rings is 2. The topological polar surface area (TPSA) is 72.9 Å². The van der Waals surface area contributed by atoms with Gasteiger partial charge >= 0.3 is 5.97 Å². The lowest BCUT2D eigenvalue weighted by atomic mass is 10.2. The van der Waals surface area contributed by atoms with Gasteiger partial charge in [-0.1, -0.05) is 35.9 Å². The lowest BCUT2D eigenvalue weighted by molar-refractivity contribution is -0.149. The Morgan fingerprint density at radius 1 is 1.10 bits per heavy atom. The molecule has 0 unspecified atom stereocenters. The van der Waals surface area contributed by atoms with Crippen molar-refractivity contribution in [2.45, 2.75) is 26.6 Å². The second-order valence-electron chi connectivity index (χ2n) is 6.79. The van der Waals surface area contributed by atoms with Crippen LogP contribution in [0.3, 0.4) is 0 Å². The number of hydrogen-bond donors (Lipinski definition) is 0. The maximum atomic E-state index is 12.5. The van der Waals surface area contributed by atoms with Crippen molar-refractivity contribution in [3.63, 3.8) is 0 Å². The molecule has 3 rings (SSSR count). The molecule has 0 aliphatic carbocycles. The van der Waals surface area contributed by atoms with Gasteiger partial charge in [0.25, 0.3) is 11.1 Å². The number of nitrogens with zero attached hydrogens (tertiary/aromatic N) is 1. The lowest BCUT2D eigenvalue weighted by Gasteiger charge is -2.13. The third-order valence-electron chi connectivity index (χ3n) is 4.02. The van der Waals surface area contributed by atoms with Crippen LogP contribution in [-0.2, 0) is 20.9 Å². The smallest absolute Gasteiger partial charge is 0.326 e. The van der Waals surface area contributed by atoms with E-state index in [4.69, 9.17) is 21.1 Å². The summed E-state index contributed by atoms with van der Waals surface area (Å²) in [5, 5.41) is 0.180. The normalized spacial score (nSPS) is 15.2. The van der Waals surface area contributed by atoms with Crippen LogP contribution < -0.4 is 4.74 Å². The zero-order valence-electron chi connectivity index (χ0n) is 16.5. The maximum Gasteiger partial charge on any atom is 0.326 e. The first kappa shape index (κ1) is 21.9. The number of hydrogen-bond acceptors (Lipinski definition) is 6. The van der Waals surface area contributed by atoms with Crippen LogP contribution in [0.1, 0.15) is 25.0 Å². The molecule has 0 spiro atoms. The Morgan fingerprint density at radius 3 is 2.40 bits per heavy atom. The number of imide groups is 1. The quantitative estimate of drug-likeness (QED) is 0.445. The molecule has 2 aromatic carbocycles. The number of esters is 1. The summed E-state index contributed by atoms with van der Waals surface area (Å²) in [7, 11) is 0. The van der Waals surface area contributed by atoms with Gasteiger partial charge in [-0.15, -0.1) is 0 Å². The minimum Gasteiger partial charge on any atom is -0.489 e. The molecule has 1 aliphatic heterocycles. The number of rotatable bonds is 7. The van der Waals surface area contributed by atoms with Gasteiger partial charge in [-0.05, 0) is 67.1 Å². The number of carbonyl (C=O) groups excluding carboxylic acids is 3. The molecule has 8 heteroatoms. The van der Waals surface area contributed by atoms with Crippen molar-refractivity contribution in [3.05, 3.63) is 69.6 Å². The first-order valence-corrected chi connectivity index (χ1v) is 10.4. The van der Waals surface area contributed by atoms with E-state index in [1.807, 2.05) is 12.1 Å². The van der Waals surface area contributed by atoms with Crippen molar-refractivity contribution >= 4 is 46.6 Å². The highest BCUT2D eigenvalue weighted by Crippen LogP contribution is 2.32. The third-order valence-corrected chi connectivity index (χ3v) is 5.18. The molecule has 1 aliphatic rings. The van der Waals surface area contributed by atoms with Crippen LogP contribution >= 0.6 is 23.4 Å². The van der Waals surface area contributed by atoms with Crippen molar-refractivity contribution in [2.75, 3.05) is 6.54 Å². The molecule has 0 bridgehead atoms. The highest BCUT2D eigenvalue weighted by molar-refractivity contribution is 8.18. The van der Waals surface area contributed by atoms with Gasteiger partial charge in [-0.2, -0.15) is 0 Å². The second-order valence-corrected chi connectivity index (χ2v) is 8.22. The van der Waals surface area contributed by atoms with E-state index in [0.29, 0.717) is 17.4 Å². The Bertz CT molecular complexity index is 970. The summed E-state index contributed by atoms with van der Waals surface area (Å²) < 4.78 is 10.7. The highest BCUT2D eigenvalue weighted by Gasteiger charge is 2.36. The zero-order chi connectivity index (χ0) is 21.7. The van der Waals surface area contributed by atoms with E-state index < -0.39 is 23.7 Å². The summed E-state index contributed by atoms with van der Waals surface area (Å²) in [5.41, 5.74) is 1.73. The molecule has 1 heterocycles. The number of thioether (sulfide) groups is 1. The standard InChI is InChI=1S/C22H20ClNO5S/c1-14(2)29-20(25)12-24-21(26)19(30-22(24)27)11-15-5-9-18(10-6-15)28-13-16-3-7-17(23)8-4-16/h3-11,14H,12-13H2,1-2H3/b19-11-. The first-order chi connectivity index (χ1) is 14.3. The van der Waals surface area contributed by atoms with Crippen molar-refractivity contribution in [1.82, 2.24) is 4.90 Å². The van der Waals surface area contributed by atoms with Crippen molar-refractivity contribution < 1.29 is 23.9 Å². The predicted octanol–water partition coefficient (Wildman–Crippen LogP) is 4.91. The molecule has 6 nitrogen and oxygen atoms in total. The Balaban J connectivity index is 1.61. The molecule has 1 fully saturated rings. The molecule has 2 aromatic rings. The minimum absolute atomic E-state index is 0.257. The second kappa shape index (κ2) is 9.82. The molecule has 30 heavy (non-hydrogen) atoms. The fraction of sp³-hybridized carbons (Fsp3) is 0.227. The molecule has 0 N–H and O–H groups in total. The van der Waals surface area contributed by atoms with Gasteiger partial charge in [0, 0.05) is 5.02 Å². The molecule has 0 aromatic heterocycles. The van der Waals surface area contributed by atoms with Crippen LogP contribution in [0.4, 0.5) is 4.79 Å². The van der Waals surface area contributed by atoms with Gasteiger partial charge in [-0.25, -0.2) is 0 Å². The Kier molecular flexibility index (Phi) is 7.18. The summed E-state index contributed by atoms with van der Waals surface area (Å²) in [5.74, 6) is -0.448. The van der Waals surface area contributed by atoms with Crippen LogP contribution in [-0.4, -0.2) is 34.7 Å². The van der Waals surface area contributed by atoms with Gasteiger partial charge in [0.1, 0.15) is 18.9 Å². The molecule has 156 valence electrons. The fourth-order valence-corrected chi connectivity index (χ4v) is 3.59. The van der Waals surface area contributed by atoms with Crippen LogP contribution in [0, 0.1) is 0 Å². The van der Waals surface area contributed by atoms with E-state index in [0.717, 1.165) is 27.8 Å². The van der Waals surface area contributed by atoms with Crippen molar-refractivity contribution in [1.29, 1.82) is 0 Å². The van der Waals surface area contributed by atoms with E-state index in [1.165, 1.54) is 0 Å². The first-order valence-electron chi connectivity index (χ1n) is 9.24. The average molecular weight is 446 g/mol. The van der Waals surface area contributed by atoms with E-state index in [1.54, 1.807) is 56.3 Å². The zero-order valence-corrected chi connectivity index (χ0v) is 18.0. The maximum absolute atomic E-state index is 12.5. The number of ether oxygens (including phenoxy) is 2. The Morgan fingerprint density at radius 2 is 1.77 bits per heavy atom. The van der Waals surface area contributed by atoms with Gasteiger partial charge in [-0.3, -0.25) is 19.3 Å². The van der Waals surface area contributed by atoms with Crippen LogP contribution in [0.25, 0.3) is 6.08 Å². The van der Waals surface area contributed by atoms with E-state index >= 15 is 0 Å². The van der Waals surface area contributed by atoms with Gasteiger partial charge in [0.05, 0.1) is 11.0 Å². The van der Waals surface area contributed by atoms with Crippen LogP contribution in [0.2, 0.25) is 5.02 Å². The molecule has 0 saturated carbocycles. The van der Waals surface area contributed by atoms with Gasteiger partial charge in [0.2, 0.25) is 0 Å². The highest BCUT2D eigenvalue weighted by atomic mass is 35.5. The number of carbonyl (C=O) groups is 3. The van der Waals surface area contributed by atoms with Gasteiger partial charge < -0.3 is 9.47 Å². The number of amides is 2. The lowest BCUT2D eigenvalue weighted by Crippen LogP contribution is -2.35. The largest absolute Gasteiger partial charge is 0.489 e. The Hall–Kier alpha value is -2.77. The van der Waals surface area contributed by atoms with Crippen LogP contribution in [0.15, 0.2) is 53.4 Å². The number of halogens is 1. The van der Waals surface area contributed by atoms with E-state index in [9.17, 15) is 14.4 Å². The Labute approximate surface area is 183 Å². The molecular formula is C22H20ClNO5S. The average Bonchev–Trinajstić information content (AvgIpc) is 2.95. The molecule has 2 amide bonds. The molecule has 0 radical (unpaired) electrons.